The number of aromatic nitrogens is 2. The molecule has 5 rings (SSSR count). The van der Waals surface area contributed by atoms with Crippen LogP contribution in [0.15, 0.2) is 53.3 Å². The third-order valence-corrected chi connectivity index (χ3v) is 5.89. The average molecular weight is 548 g/mol. The SMILES string of the molecule is CNc1ncc2c(n1)N1CCN=C1C(Oc1ccc(NC(=O)Nc3ccc(Cl)c(C(F)(F)F)c3)cc1F)=C2. The molecule has 0 atom stereocenters. The molecule has 0 radical (unpaired) electrons. The van der Waals surface area contributed by atoms with E-state index in [9.17, 15) is 22.4 Å². The highest BCUT2D eigenvalue weighted by Gasteiger charge is 2.34. The zero-order valence-electron chi connectivity index (χ0n) is 19.5. The molecule has 2 aliphatic rings. The number of aliphatic imine (C=N–C) groups is 1. The first-order valence-corrected chi connectivity index (χ1v) is 11.5. The minimum absolute atomic E-state index is 0.0492. The second-order valence-electron chi connectivity index (χ2n) is 8.11. The lowest BCUT2D eigenvalue weighted by molar-refractivity contribution is -0.137. The molecule has 0 spiro atoms. The van der Waals surface area contributed by atoms with E-state index < -0.39 is 28.6 Å². The lowest BCUT2D eigenvalue weighted by Crippen LogP contribution is -2.34. The Balaban J connectivity index is 1.30. The Morgan fingerprint density at radius 2 is 1.87 bits per heavy atom. The van der Waals surface area contributed by atoms with E-state index in [1.807, 2.05) is 4.90 Å². The van der Waals surface area contributed by atoms with Crippen LogP contribution in [0.25, 0.3) is 6.08 Å². The van der Waals surface area contributed by atoms with Crippen molar-refractivity contribution in [1.29, 1.82) is 0 Å². The van der Waals surface area contributed by atoms with E-state index >= 15 is 0 Å². The summed E-state index contributed by atoms with van der Waals surface area (Å²) in [6.45, 7) is 1.08. The largest absolute Gasteiger partial charge is 0.450 e. The monoisotopic (exact) mass is 547 g/mol. The molecular weight excluding hydrogens is 530 g/mol. The quantitative estimate of drug-likeness (QED) is 0.358. The summed E-state index contributed by atoms with van der Waals surface area (Å²) in [6, 6.07) is 5.77. The zero-order chi connectivity index (χ0) is 27.0. The van der Waals surface area contributed by atoms with Gasteiger partial charge in [-0.3, -0.25) is 4.99 Å². The number of anilines is 4. The maximum Gasteiger partial charge on any atom is 0.417 e. The Morgan fingerprint density at radius 1 is 1.13 bits per heavy atom. The van der Waals surface area contributed by atoms with Crippen molar-refractivity contribution in [2.75, 3.05) is 41.0 Å². The molecule has 196 valence electrons. The molecule has 14 heteroatoms. The van der Waals surface area contributed by atoms with Crippen LogP contribution >= 0.6 is 11.6 Å². The molecule has 3 N–H and O–H groups in total. The van der Waals surface area contributed by atoms with Gasteiger partial charge < -0.3 is 25.6 Å². The topological polar surface area (TPSA) is 104 Å². The van der Waals surface area contributed by atoms with Gasteiger partial charge in [0.25, 0.3) is 0 Å². The maximum atomic E-state index is 14.9. The van der Waals surface area contributed by atoms with Crippen molar-refractivity contribution in [2.24, 2.45) is 4.99 Å². The van der Waals surface area contributed by atoms with E-state index in [2.05, 4.69) is 30.9 Å². The van der Waals surface area contributed by atoms with Gasteiger partial charge in [-0.25, -0.2) is 14.2 Å². The lowest BCUT2D eigenvalue weighted by Gasteiger charge is -2.27. The van der Waals surface area contributed by atoms with Crippen molar-refractivity contribution >= 4 is 52.7 Å². The molecule has 1 aromatic heterocycles. The zero-order valence-corrected chi connectivity index (χ0v) is 20.3. The van der Waals surface area contributed by atoms with Gasteiger partial charge in [-0.15, -0.1) is 0 Å². The number of halogens is 5. The predicted molar refractivity (Wildman–Crippen MR) is 135 cm³/mol. The van der Waals surface area contributed by atoms with Gasteiger partial charge in [0.05, 0.1) is 17.1 Å². The average Bonchev–Trinajstić information content (AvgIpc) is 3.37. The van der Waals surface area contributed by atoms with Crippen LogP contribution in [-0.2, 0) is 6.18 Å². The summed E-state index contributed by atoms with van der Waals surface area (Å²) in [5.41, 5.74) is -0.514. The fourth-order valence-electron chi connectivity index (χ4n) is 3.86. The van der Waals surface area contributed by atoms with Gasteiger partial charge in [-0.2, -0.15) is 18.2 Å². The fraction of sp³-hybridized carbons (Fsp3) is 0.167. The van der Waals surface area contributed by atoms with Crippen LogP contribution in [0, 0.1) is 5.82 Å². The van der Waals surface area contributed by atoms with Crippen molar-refractivity contribution in [3.63, 3.8) is 0 Å². The first-order chi connectivity index (χ1) is 18.1. The van der Waals surface area contributed by atoms with Crippen LogP contribution < -0.4 is 25.6 Å². The third-order valence-electron chi connectivity index (χ3n) is 5.56. The number of rotatable bonds is 5. The van der Waals surface area contributed by atoms with Gasteiger partial charge >= 0.3 is 12.2 Å². The Labute approximate surface area is 218 Å². The van der Waals surface area contributed by atoms with Gasteiger partial charge in [0, 0.05) is 42.8 Å². The molecule has 3 aromatic rings. The molecule has 2 aliphatic heterocycles. The van der Waals surface area contributed by atoms with Crippen LogP contribution in [0.1, 0.15) is 11.1 Å². The third kappa shape index (κ3) is 5.05. The highest BCUT2D eigenvalue weighted by molar-refractivity contribution is 6.31. The van der Waals surface area contributed by atoms with Crippen LogP contribution in [0.3, 0.4) is 0 Å². The number of amidine groups is 1. The fourth-order valence-corrected chi connectivity index (χ4v) is 4.08. The van der Waals surface area contributed by atoms with Crippen molar-refractivity contribution in [3.8, 4) is 5.75 Å². The van der Waals surface area contributed by atoms with Crippen LogP contribution in [-0.4, -0.2) is 42.0 Å². The van der Waals surface area contributed by atoms with E-state index in [1.54, 1.807) is 19.3 Å². The summed E-state index contributed by atoms with van der Waals surface area (Å²) in [5.74, 6) is 0.995. The summed E-state index contributed by atoms with van der Waals surface area (Å²) in [7, 11) is 1.71. The molecule has 2 amide bonds. The maximum absolute atomic E-state index is 14.9. The standard InChI is InChI=1S/C24H18ClF4N7O2/c1-30-22-32-11-12-8-19(21-31-6-7-36(21)20(12)35-22)38-18-5-3-14(10-17(18)26)34-23(37)33-13-2-4-16(25)15(9-13)24(27,28)29/h2-5,8-11H,6-7H2,1H3,(H,30,32,35)(H2,33,34,37). The molecule has 0 saturated carbocycles. The van der Waals surface area contributed by atoms with Crippen molar-refractivity contribution in [3.05, 3.63) is 70.3 Å². The number of nitrogens with one attached hydrogen (secondary N) is 3. The summed E-state index contributed by atoms with van der Waals surface area (Å²) in [6.07, 6.45) is -1.41. The number of benzene rings is 2. The first kappa shape index (κ1) is 25.3. The smallest absolute Gasteiger partial charge is 0.417 e. The molecule has 38 heavy (non-hydrogen) atoms. The number of hydrogen-bond donors (Lipinski definition) is 3. The molecule has 2 aromatic carbocycles. The molecular formula is C24H18ClF4N7O2. The van der Waals surface area contributed by atoms with E-state index in [-0.39, 0.29) is 17.1 Å². The highest BCUT2D eigenvalue weighted by atomic mass is 35.5. The van der Waals surface area contributed by atoms with Gasteiger partial charge in [0.15, 0.2) is 23.2 Å². The van der Waals surface area contributed by atoms with E-state index in [1.165, 1.54) is 18.2 Å². The summed E-state index contributed by atoms with van der Waals surface area (Å²) >= 11 is 5.59. The number of fused-ring (bicyclic) bond motifs is 3. The van der Waals surface area contributed by atoms with E-state index in [0.717, 1.165) is 12.1 Å². The van der Waals surface area contributed by atoms with Crippen molar-refractivity contribution < 1.29 is 27.1 Å². The predicted octanol–water partition coefficient (Wildman–Crippen LogP) is 5.63. The van der Waals surface area contributed by atoms with Crippen LogP contribution in [0.5, 0.6) is 5.75 Å². The minimum atomic E-state index is -4.69. The molecule has 0 unspecified atom stereocenters. The number of hydrogen-bond acceptors (Lipinski definition) is 7. The Morgan fingerprint density at radius 3 is 2.58 bits per heavy atom. The molecule has 3 heterocycles. The van der Waals surface area contributed by atoms with E-state index in [0.29, 0.717) is 48.1 Å². The second-order valence-corrected chi connectivity index (χ2v) is 8.51. The molecule has 0 aliphatic carbocycles. The number of carbonyl (C=O) groups is 1. The highest BCUT2D eigenvalue weighted by Crippen LogP contribution is 2.36. The Hall–Kier alpha value is -4.39. The Kier molecular flexibility index (Phi) is 6.53. The number of amides is 2. The van der Waals surface area contributed by atoms with Gasteiger partial charge in [0.2, 0.25) is 5.95 Å². The summed E-state index contributed by atoms with van der Waals surface area (Å²) in [5, 5.41) is 7.01. The minimum Gasteiger partial charge on any atom is -0.450 e. The number of nitrogens with zero attached hydrogens (tertiary/aromatic N) is 4. The number of alkyl halides is 3. The summed E-state index contributed by atoms with van der Waals surface area (Å²) < 4.78 is 59.9. The lowest BCUT2D eigenvalue weighted by atomic mass is 10.1. The molecule has 0 fully saturated rings. The Bertz CT molecular complexity index is 1490. The van der Waals surface area contributed by atoms with E-state index in [4.69, 9.17) is 16.3 Å². The summed E-state index contributed by atoms with van der Waals surface area (Å²) in [4.78, 5) is 27.3. The first-order valence-electron chi connectivity index (χ1n) is 11.1. The van der Waals surface area contributed by atoms with Crippen molar-refractivity contribution in [2.45, 2.75) is 6.18 Å². The van der Waals surface area contributed by atoms with Gasteiger partial charge in [-0.1, -0.05) is 11.6 Å². The normalized spacial score (nSPS) is 14.2. The van der Waals surface area contributed by atoms with Gasteiger partial charge in [-0.05, 0) is 36.4 Å². The van der Waals surface area contributed by atoms with Crippen molar-refractivity contribution in [1.82, 2.24) is 9.97 Å². The molecule has 0 saturated heterocycles. The number of urea groups is 1. The number of ether oxygens (including phenoxy) is 1. The molecule has 0 bridgehead atoms. The van der Waals surface area contributed by atoms with Gasteiger partial charge in [0.1, 0.15) is 5.82 Å². The van der Waals surface area contributed by atoms with Crippen LogP contribution in [0.4, 0.5) is 45.5 Å². The van der Waals surface area contributed by atoms with Crippen LogP contribution in [0.2, 0.25) is 5.02 Å². The number of carbonyl (C=O) groups excluding carboxylic acids is 1. The molecule has 9 nitrogen and oxygen atoms in total. The second kappa shape index (κ2) is 9.82.